The van der Waals surface area contributed by atoms with E-state index in [2.05, 4.69) is 31.1 Å². The first kappa shape index (κ1) is 11.0. The number of aliphatic hydroxyl groups is 1. The second-order valence-corrected chi connectivity index (χ2v) is 4.62. The summed E-state index contributed by atoms with van der Waals surface area (Å²) in [5.41, 5.74) is -0.0920. The van der Waals surface area contributed by atoms with Crippen LogP contribution in [0.4, 0.5) is 0 Å². The van der Waals surface area contributed by atoms with E-state index in [1.54, 1.807) is 0 Å². The molecule has 0 unspecified atom stereocenters. The highest BCUT2D eigenvalue weighted by Crippen LogP contribution is 2.18. The molecule has 0 heterocycles. The molecule has 0 radical (unpaired) electrons. The molecule has 3 nitrogen and oxygen atoms in total. The Balaban J connectivity index is 2.11. The van der Waals surface area contributed by atoms with E-state index >= 15 is 0 Å². The molecule has 1 saturated carbocycles. The van der Waals surface area contributed by atoms with Gasteiger partial charge in [-0.05, 0) is 33.7 Å². The fraction of sp³-hybridized carbons (Fsp3) is 1.00. The van der Waals surface area contributed by atoms with Crippen LogP contribution >= 0.6 is 0 Å². The Bertz CT molecular complexity index is 155. The lowest BCUT2D eigenvalue weighted by atomic mass is 10.1. The summed E-state index contributed by atoms with van der Waals surface area (Å²) >= 11 is 0. The largest absolute Gasteiger partial charge is 0.394 e. The Morgan fingerprint density at radius 2 is 2.08 bits per heavy atom. The van der Waals surface area contributed by atoms with Crippen molar-refractivity contribution in [1.29, 1.82) is 0 Å². The topological polar surface area (TPSA) is 35.5 Å². The standard InChI is InChI=1S/C10H22N2O/c1-10(2,8-13)12(3)7-6-11-9-4-5-9/h9,11,13H,4-8H2,1-3H3. The Labute approximate surface area is 81.1 Å². The average molecular weight is 186 g/mol. The van der Waals surface area contributed by atoms with E-state index in [1.165, 1.54) is 12.8 Å². The van der Waals surface area contributed by atoms with Crippen LogP contribution in [-0.4, -0.2) is 48.3 Å². The van der Waals surface area contributed by atoms with Crippen LogP contribution in [0.5, 0.6) is 0 Å². The Morgan fingerprint density at radius 1 is 1.46 bits per heavy atom. The van der Waals surface area contributed by atoms with Gasteiger partial charge < -0.3 is 10.4 Å². The Kier molecular flexibility index (Phi) is 3.71. The van der Waals surface area contributed by atoms with Crippen molar-refractivity contribution < 1.29 is 5.11 Å². The predicted octanol–water partition coefficient (Wildman–Crippen LogP) is 0.441. The molecule has 0 aliphatic heterocycles. The van der Waals surface area contributed by atoms with E-state index in [-0.39, 0.29) is 12.1 Å². The summed E-state index contributed by atoms with van der Waals surface area (Å²) in [5.74, 6) is 0. The van der Waals surface area contributed by atoms with Crippen molar-refractivity contribution in [2.45, 2.75) is 38.3 Å². The van der Waals surface area contributed by atoms with Crippen molar-refractivity contribution >= 4 is 0 Å². The molecule has 1 fully saturated rings. The number of nitrogens with zero attached hydrogens (tertiary/aromatic N) is 1. The monoisotopic (exact) mass is 186 g/mol. The number of aliphatic hydroxyl groups excluding tert-OH is 1. The normalized spacial score (nSPS) is 18.2. The molecule has 0 bridgehead atoms. The van der Waals surface area contributed by atoms with E-state index < -0.39 is 0 Å². The molecule has 2 N–H and O–H groups in total. The fourth-order valence-corrected chi connectivity index (χ4v) is 1.15. The number of rotatable bonds is 6. The highest BCUT2D eigenvalue weighted by Gasteiger charge is 2.23. The van der Waals surface area contributed by atoms with E-state index in [4.69, 9.17) is 5.11 Å². The number of nitrogens with one attached hydrogen (secondary N) is 1. The summed E-state index contributed by atoms with van der Waals surface area (Å²) in [6.07, 6.45) is 2.68. The van der Waals surface area contributed by atoms with Crippen molar-refractivity contribution in [3.05, 3.63) is 0 Å². The van der Waals surface area contributed by atoms with Crippen molar-refractivity contribution in [1.82, 2.24) is 10.2 Å². The van der Waals surface area contributed by atoms with Gasteiger partial charge in [-0.25, -0.2) is 0 Å². The van der Waals surface area contributed by atoms with Crippen LogP contribution in [0.25, 0.3) is 0 Å². The summed E-state index contributed by atoms with van der Waals surface area (Å²) in [4.78, 5) is 2.20. The van der Waals surface area contributed by atoms with E-state index in [9.17, 15) is 0 Å². The molecule has 13 heavy (non-hydrogen) atoms. The minimum Gasteiger partial charge on any atom is -0.394 e. The Morgan fingerprint density at radius 3 is 2.54 bits per heavy atom. The van der Waals surface area contributed by atoms with Gasteiger partial charge in [0.2, 0.25) is 0 Å². The van der Waals surface area contributed by atoms with Crippen molar-refractivity contribution in [2.24, 2.45) is 0 Å². The number of hydrogen-bond acceptors (Lipinski definition) is 3. The second-order valence-electron chi connectivity index (χ2n) is 4.62. The van der Waals surface area contributed by atoms with Gasteiger partial charge in [-0.3, -0.25) is 4.90 Å². The molecule has 0 spiro atoms. The minimum atomic E-state index is -0.0920. The first-order chi connectivity index (χ1) is 6.06. The average Bonchev–Trinajstić information content (AvgIpc) is 2.88. The van der Waals surface area contributed by atoms with Crippen LogP contribution < -0.4 is 5.32 Å². The molecular formula is C10H22N2O. The quantitative estimate of drug-likeness (QED) is 0.632. The molecule has 1 aliphatic rings. The van der Waals surface area contributed by atoms with E-state index in [1.807, 2.05) is 0 Å². The molecule has 0 aromatic carbocycles. The number of likely N-dealkylation sites (N-methyl/N-ethyl adjacent to an activating group) is 1. The summed E-state index contributed by atoms with van der Waals surface area (Å²) in [5, 5.41) is 12.6. The maximum Gasteiger partial charge on any atom is 0.0609 e. The van der Waals surface area contributed by atoms with Gasteiger partial charge in [-0.2, -0.15) is 0 Å². The molecule has 3 heteroatoms. The zero-order chi connectivity index (χ0) is 9.90. The maximum absolute atomic E-state index is 9.12. The van der Waals surface area contributed by atoms with Crippen LogP contribution in [0, 0.1) is 0 Å². The summed E-state index contributed by atoms with van der Waals surface area (Å²) in [6.45, 7) is 6.37. The highest BCUT2D eigenvalue weighted by atomic mass is 16.3. The van der Waals surface area contributed by atoms with Crippen LogP contribution in [0.2, 0.25) is 0 Å². The lowest BCUT2D eigenvalue weighted by Gasteiger charge is -2.33. The summed E-state index contributed by atoms with van der Waals surface area (Å²) in [7, 11) is 2.06. The fourth-order valence-electron chi connectivity index (χ4n) is 1.15. The zero-order valence-corrected chi connectivity index (χ0v) is 9.01. The molecule has 78 valence electrons. The SMILES string of the molecule is CN(CCNC1CC1)C(C)(C)CO. The molecule has 0 saturated heterocycles. The van der Waals surface area contributed by atoms with Crippen molar-refractivity contribution in [2.75, 3.05) is 26.7 Å². The third-order valence-electron chi connectivity index (χ3n) is 2.88. The summed E-state index contributed by atoms with van der Waals surface area (Å²) in [6, 6.07) is 0.783. The van der Waals surface area contributed by atoms with E-state index in [0.717, 1.165) is 19.1 Å². The van der Waals surface area contributed by atoms with Crippen molar-refractivity contribution in [3.8, 4) is 0 Å². The smallest absolute Gasteiger partial charge is 0.0609 e. The van der Waals surface area contributed by atoms with E-state index in [0.29, 0.717) is 0 Å². The summed E-state index contributed by atoms with van der Waals surface area (Å²) < 4.78 is 0. The minimum absolute atomic E-state index is 0.0920. The maximum atomic E-state index is 9.12. The van der Waals surface area contributed by atoms with Gasteiger partial charge in [0.05, 0.1) is 6.61 Å². The molecule has 0 aromatic rings. The van der Waals surface area contributed by atoms with Crippen LogP contribution in [0.3, 0.4) is 0 Å². The first-order valence-corrected chi connectivity index (χ1v) is 5.12. The molecule has 1 rings (SSSR count). The van der Waals surface area contributed by atoms with Gasteiger partial charge in [-0.1, -0.05) is 0 Å². The first-order valence-electron chi connectivity index (χ1n) is 5.12. The van der Waals surface area contributed by atoms with Gasteiger partial charge in [0, 0.05) is 24.7 Å². The lowest BCUT2D eigenvalue weighted by Crippen LogP contribution is -2.47. The van der Waals surface area contributed by atoms with Crippen LogP contribution in [-0.2, 0) is 0 Å². The van der Waals surface area contributed by atoms with Crippen LogP contribution in [0.1, 0.15) is 26.7 Å². The molecule has 0 amide bonds. The molecule has 1 aliphatic carbocycles. The van der Waals surface area contributed by atoms with Crippen molar-refractivity contribution in [3.63, 3.8) is 0 Å². The third kappa shape index (κ3) is 3.63. The molecule has 0 aromatic heterocycles. The van der Waals surface area contributed by atoms with Gasteiger partial charge >= 0.3 is 0 Å². The van der Waals surface area contributed by atoms with Crippen LogP contribution in [0.15, 0.2) is 0 Å². The zero-order valence-electron chi connectivity index (χ0n) is 9.01. The second kappa shape index (κ2) is 4.40. The Hall–Kier alpha value is -0.120. The molecular weight excluding hydrogens is 164 g/mol. The third-order valence-corrected chi connectivity index (χ3v) is 2.88. The highest BCUT2D eigenvalue weighted by molar-refractivity contribution is 4.83. The predicted molar refractivity (Wildman–Crippen MR) is 54.8 cm³/mol. The van der Waals surface area contributed by atoms with Gasteiger partial charge in [0.25, 0.3) is 0 Å². The molecule has 0 atom stereocenters. The van der Waals surface area contributed by atoms with Gasteiger partial charge in [0.15, 0.2) is 0 Å². The van der Waals surface area contributed by atoms with Gasteiger partial charge in [0.1, 0.15) is 0 Å². The van der Waals surface area contributed by atoms with Gasteiger partial charge in [-0.15, -0.1) is 0 Å². The lowest BCUT2D eigenvalue weighted by molar-refractivity contribution is 0.0798. The number of hydrogen-bond donors (Lipinski definition) is 2.